The summed E-state index contributed by atoms with van der Waals surface area (Å²) < 4.78 is 21.3. The van der Waals surface area contributed by atoms with Crippen LogP contribution in [0.25, 0.3) is 0 Å². The van der Waals surface area contributed by atoms with E-state index in [2.05, 4.69) is 5.32 Å². The summed E-state index contributed by atoms with van der Waals surface area (Å²) >= 11 is 0. The van der Waals surface area contributed by atoms with Gasteiger partial charge in [-0.3, -0.25) is 9.59 Å². The molecule has 2 amide bonds. The second-order valence-electron chi connectivity index (χ2n) is 6.47. The molecule has 30 heavy (non-hydrogen) atoms. The van der Waals surface area contributed by atoms with E-state index in [1.54, 1.807) is 12.1 Å². The van der Waals surface area contributed by atoms with Crippen molar-refractivity contribution in [3.63, 3.8) is 0 Å². The molecule has 0 aromatic heterocycles. The molecule has 0 saturated heterocycles. The third kappa shape index (κ3) is 5.56. The van der Waals surface area contributed by atoms with Crippen LogP contribution in [0.3, 0.4) is 0 Å². The number of primary amides is 1. The summed E-state index contributed by atoms with van der Waals surface area (Å²) in [7, 11) is 4.39. The van der Waals surface area contributed by atoms with E-state index in [0.717, 1.165) is 11.3 Å². The molecule has 8 nitrogen and oxygen atoms in total. The molecule has 0 saturated carbocycles. The molecule has 0 spiro atoms. The smallest absolute Gasteiger partial charge is 0.255 e. The Labute approximate surface area is 176 Å². The zero-order valence-electron chi connectivity index (χ0n) is 17.7. The summed E-state index contributed by atoms with van der Waals surface area (Å²) in [5.41, 5.74) is 6.73. The fourth-order valence-corrected chi connectivity index (χ4v) is 3.04. The van der Waals surface area contributed by atoms with Gasteiger partial charge in [-0.15, -0.1) is 0 Å². The van der Waals surface area contributed by atoms with E-state index >= 15 is 0 Å². The first-order valence-electron chi connectivity index (χ1n) is 9.53. The maximum absolute atomic E-state index is 12.7. The van der Waals surface area contributed by atoms with Gasteiger partial charge in [0.05, 0.1) is 39.4 Å². The number of carbonyl (C=O) groups excluding carboxylic acids is 2. The van der Waals surface area contributed by atoms with Gasteiger partial charge >= 0.3 is 0 Å². The highest BCUT2D eigenvalue weighted by molar-refractivity contribution is 5.98. The number of hydrogen-bond donors (Lipinski definition) is 2. The van der Waals surface area contributed by atoms with E-state index in [1.165, 1.54) is 21.3 Å². The van der Waals surface area contributed by atoms with Crippen molar-refractivity contribution in [1.82, 2.24) is 5.32 Å². The normalized spacial score (nSPS) is 11.3. The fourth-order valence-electron chi connectivity index (χ4n) is 3.04. The molecule has 0 heterocycles. The van der Waals surface area contributed by atoms with E-state index in [-0.39, 0.29) is 17.9 Å². The Balaban J connectivity index is 2.11. The Morgan fingerprint density at radius 2 is 1.63 bits per heavy atom. The summed E-state index contributed by atoms with van der Waals surface area (Å²) in [4.78, 5) is 24.6. The Morgan fingerprint density at radius 1 is 0.967 bits per heavy atom. The highest BCUT2D eigenvalue weighted by Gasteiger charge is 2.23. The highest BCUT2D eigenvalue weighted by Crippen LogP contribution is 2.39. The predicted octanol–water partition coefficient (Wildman–Crippen LogP) is 2.19. The summed E-state index contributed by atoms with van der Waals surface area (Å²) in [6.45, 7) is 2.57. The Bertz CT molecular complexity index is 867. The lowest BCUT2D eigenvalue weighted by Gasteiger charge is -2.17. The fraction of sp³-hybridized carbons (Fsp3) is 0.364. The van der Waals surface area contributed by atoms with Crippen LogP contribution in [-0.4, -0.2) is 46.3 Å². The topological polar surface area (TPSA) is 109 Å². The minimum atomic E-state index is -0.571. The van der Waals surface area contributed by atoms with E-state index < -0.39 is 17.7 Å². The van der Waals surface area contributed by atoms with Gasteiger partial charge in [0.15, 0.2) is 11.5 Å². The van der Waals surface area contributed by atoms with Crippen molar-refractivity contribution in [2.24, 2.45) is 11.7 Å². The number of amides is 2. The molecule has 0 bridgehead atoms. The number of ether oxygens (including phenoxy) is 4. The molecule has 2 aromatic rings. The molecule has 0 aliphatic heterocycles. The van der Waals surface area contributed by atoms with Crippen LogP contribution in [0.4, 0.5) is 0 Å². The van der Waals surface area contributed by atoms with Crippen LogP contribution in [0.2, 0.25) is 0 Å². The number of rotatable bonds is 11. The number of benzene rings is 2. The summed E-state index contributed by atoms with van der Waals surface area (Å²) in [5.74, 6) is 0.277. The van der Waals surface area contributed by atoms with Gasteiger partial charge in [0.1, 0.15) is 5.75 Å². The van der Waals surface area contributed by atoms with Crippen molar-refractivity contribution in [2.75, 3.05) is 34.5 Å². The van der Waals surface area contributed by atoms with Crippen LogP contribution >= 0.6 is 0 Å². The monoisotopic (exact) mass is 416 g/mol. The largest absolute Gasteiger partial charge is 0.494 e. The Morgan fingerprint density at radius 3 is 2.17 bits per heavy atom. The van der Waals surface area contributed by atoms with E-state index in [9.17, 15) is 9.59 Å². The lowest BCUT2D eigenvalue weighted by molar-refractivity contribution is -0.121. The van der Waals surface area contributed by atoms with Crippen LogP contribution < -0.4 is 30.0 Å². The molecular weight excluding hydrogens is 388 g/mol. The third-order valence-electron chi connectivity index (χ3n) is 4.58. The first kappa shape index (κ1) is 22.9. The number of methoxy groups -OCH3 is 3. The van der Waals surface area contributed by atoms with Crippen molar-refractivity contribution >= 4 is 11.8 Å². The van der Waals surface area contributed by atoms with Crippen LogP contribution in [0, 0.1) is 5.92 Å². The Kier molecular flexibility index (Phi) is 8.34. The molecule has 0 radical (unpaired) electrons. The second kappa shape index (κ2) is 10.9. The summed E-state index contributed by atoms with van der Waals surface area (Å²) in [6, 6.07) is 10.6. The molecule has 0 aliphatic carbocycles. The van der Waals surface area contributed by atoms with Gasteiger partial charge in [0.25, 0.3) is 5.91 Å². The zero-order valence-corrected chi connectivity index (χ0v) is 17.7. The molecule has 162 valence electrons. The molecule has 2 aromatic carbocycles. The number of nitrogens with one attached hydrogen (secondary N) is 1. The zero-order chi connectivity index (χ0) is 22.1. The molecule has 0 fully saturated rings. The highest BCUT2D eigenvalue weighted by atomic mass is 16.5. The van der Waals surface area contributed by atoms with Crippen molar-refractivity contribution in [3.8, 4) is 23.0 Å². The molecule has 3 N–H and O–H groups in total. The molecule has 1 atom stereocenters. The lowest BCUT2D eigenvalue weighted by atomic mass is 9.98. The average molecular weight is 416 g/mol. The van der Waals surface area contributed by atoms with Gasteiger partial charge in [-0.05, 0) is 43.2 Å². The van der Waals surface area contributed by atoms with Crippen molar-refractivity contribution < 1.29 is 28.5 Å². The predicted molar refractivity (Wildman–Crippen MR) is 112 cm³/mol. The quantitative estimate of drug-likeness (QED) is 0.581. The van der Waals surface area contributed by atoms with Gasteiger partial charge in [-0.1, -0.05) is 12.1 Å². The molecule has 0 aliphatic rings. The summed E-state index contributed by atoms with van der Waals surface area (Å²) in [5, 5.41) is 2.75. The maximum atomic E-state index is 12.7. The standard InChI is InChI=1S/C22H28N2O6/c1-5-30-16-8-6-14(7-9-16)12-15(21(23)25)13-24-22(26)17-10-11-18(27-2)20(29-4)19(17)28-3/h6-11,15H,5,12-13H2,1-4H3,(H2,23,25)(H,24,26)/t15-/m0/s1. The number of carbonyl (C=O) groups is 2. The molecular formula is C22H28N2O6. The van der Waals surface area contributed by atoms with Gasteiger partial charge in [-0.25, -0.2) is 0 Å². The lowest BCUT2D eigenvalue weighted by Crippen LogP contribution is -2.37. The minimum absolute atomic E-state index is 0.0822. The SMILES string of the molecule is CCOc1ccc(C[C@@H](CNC(=O)c2ccc(OC)c(OC)c2OC)C(N)=O)cc1. The number of nitrogens with two attached hydrogens (primary N) is 1. The molecule has 8 heteroatoms. The van der Waals surface area contributed by atoms with Crippen molar-refractivity contribution in [1.29, 1.82) is 0 Å². The van der Waals surface area contributed by atoms with E-state index in [1.807, 2.05) is 31.2 Å². The van der Waals surface area contributed by atoms with Gasteiger partial charge in [-0.2, -0.15) is 0 Å². The van der Waals surface area contributed by atoms with Gasteiger partial charge in [0.2, 0.25) is 11.7 Å². The van der Waals surface area contributed by atoms with Crippen LogP contribution in [0.5, 0.6) is 23.0 Å². The first-order valence-corrected chi connectivity index (χ1v) is 9.53. The molecule has 2 rings (SSSR count). The first-order chi connectivity index (χ1) is 14.4. The van der Waals surface area contributed by atoms with Gasteiger partial charge < -0.3 is 30.0 Å². The Hall–Kier alpha value is -3.42. The maximum Gasteiger partial charge on any atom is 0.255 e. The molecule has 0 unspecified atom stereocenters. The number of hydrogen-bond acceptors (Lipinski definition) is 6. The van der Waals surface area contributed by atoms with E-state index in [0.29, 0.717) is 24.5 Å². The minimum Gasteiger partial charge on any atom is -0.494 e. The second-order valence-corrected chi connectivity index (χ2v) is 6.47. The third-order valence-corrected chi connectivity index (χ3v) is 4.58. The summed E-state index contributed by atoms with van der Waals surface area (Å²) in [6.07, 6.45) is 0.394. The van der Waals surface area contributed by atoms with Gasteiger partial charge in [0, 0.05) is 6.54 Å². The van der Waals surface area contributed by atoms with Crippen molar-refractivity contribution in [3.05, 3.63) is 47.5 Å². The van der Waals surface area contributed by atoms with Crippen LogP contribution in [0.1, 0.15) is 22.8 Å². The van der Waals surface area contributed by atoms with E-state index in [4.69, 9.17) is 24.7 Å². The van der Waals surface area contributed by atoms with Crippen LogP contribution in [-0.2, 0) is 11.2 Å². The average Bonchev–Trinajstić information content (AvgIpc) is 2.76. The van der Waals surface area contributed by atoms with Crippen LogP contribution in [0.15, 0.2) is 36.4 Å². The van der Waals surface area contributed by atoms with Crippen molar-refractivity contribution in [2.45, 2.75) is 13.3 Å².